The average molecular weight is 291 g/mol. The molecule has 0 saturated carbocycles. The smallest absolute Gasteiger partial charge is 0.122 e. The van der Waals surface area contributed by atoms with Gasteiger partial charge in [0, 0.05) is 10.9 Å². The highest BCUT2D eigenvalue weighted by atomic mass is 35.5. The van der Waals surface area contributed by atoms with E-state index >= 15 is 0 Å². The monoisotopic (exact) mass is 290 g/mol. The van der Waals surface area contributed by atoms with Crippen molar-refractivity contribution in [1.82, 2.24) is 0 Å². The Bertz CT molecular complexity index is 216. The Balaban J connectivity index is 0. The number of hydrogen-bond donors (Lipinski definition) is 1. The third-order valence-electron chi connectivity index (χ3n) is 2.16. The molecule has 0 aliphatic heterocycles. The summed E-state index contributed by atoms with van der Waals surface area (Å²) in [6.07, 6.45) is 2.44. The molecule has 94 valence electrons. The third kappa shape index (κ3) is 7.23. The molecule has 15 heavy (non-hydrogen) atoms. The second kappa shape index (κ2) is 7.55. The van der Waals surface area contributed by atoms with Gasteiger partial charge in [-0.1, -0.05) is 70.6 Å². The molecule has 0 saturated heterocycles. The molecule has 0 heterocycles. The largest absolute Gasteiger partial charge is 0.357 e. The van der Waals surface area contributed by atoms with Crippen molar-refractivity contribution < 1.29 is 4.89 Å². The molecule has 0 spiro atoms. The first-order valence-electron chi connectivity index (χ1n) is 5.18. The van der Waals surface area contributed by atoms with Crippen LogP contribution in [0.15, 0.2) is 0 Å². The van der Waals surface area contributed by atoms with Gasteiger partial charge in [0.15, 0.2) is 0 Å². The first-order chi connectivity index (χ1) is 6.20. The van der Waals surface area contributed by atoms with Crippen LogP contribution < -0.4 is 0 Å². The highest BCUT2D eigenvalue weighted by Crippen LogP contribution is 2.65. The molecule has 2 atom stereocenters. The molecule has 2 unspecified atom stereocenters. The van der Waals surface area contributed by atoms with E-state index in [0.29, 0.717) is 5.92 Å². The summed E-state index contributed by atoms with van der Waals surface area (Å²) in [4.78, 5) is 10.2. The Morgan fingerprint density at radius 2 is 1.87 bits per heavy atom. The zero-order chi connectivity index (χ0) is 11.4. The molecular weight excluding hydrogens is 267 g/mol. The molecule has 1 N–H and O–H groups in total. The Hall–Kier alpha value is 1.25. The van der Waals surface area contributed by atoms with E-state index in [9.17, 15) is 4.89 Å². The fourth-order valence-corrected chi connectivity index (χ4v) is 5.09. The van der Waals surface area contributed by atoms with E-state index in [-0.39, 0.29) is 17.6 Å². The predicted molar refractivity (Wildman–Crippen MR) is 80.0 cm³/mol. The highest BCUT2D eigenvalue weighted by molar-refractivity contribution is 8.69. The van der Waals surface area contributed by atoms with Crippen LogP contribution in [0, 0.1) is 5.92 Å². The van der Waals surface area contributed by atoms with E-state index in [1.807, 2.05) is 20.8 Å². The molecule has 5 heteroatoms. The first-order valence-corrected chi connectivity index (χ1v) is 9.52. The van der Waals surface area contributed by atoms with Crippen molar-refractivity contribution >= 4 is 41.1 Å². The highest BCUT2D eigenvalue weighted by Gasteiger charge is 2.30. The number of rotatable bonds is 5. The normalized spacial score (nSPS) is 17.7. The van der Waals surface area contributed by atoms with Crippen molar-refractivity contribution in [3.63, 3.8) is 0 Å². The SMILES string of the molecule is CCCC(C)CSP(O)(=S)C(C)(C)C.Cl. The Morgan fingerprint density at radius 1 is 1.40 bits per heavy atom. The lowest BCUT2D eigenvalue weighted by Crippen LogP contribution is -2.13. The van der Waals surface area contributed by atoms with Crippen LogP contribution in [0.3, 0.4) is 0 Å². The van der Waals surface area contributed by atoms with Gasteiger partial charge in [0.1, 0.15) is 5.47 Å². The summed E-state index contributed by atoms with van der Waals surface area (Å²) in [5, 5.41) is -0.126. The maximum atomic E-state index is 10.2. The van der Waals surface area contributed by atoms with Gasteiger partial charge in [0.25, 0.3) is 0 Å². The zero-order valence-electron chi connectivity index (χ0n) is 10.3. The Morgan fingerprint density at radius 3 is 2.20 bits per heavy atom. The van der Waals surface area contributed by atoms with Crippen LogP contribution in [-0.2, 0) is 11.8 Å². The van der Waals surface area contributed by atoms with E-state index < -0.39 is 5.47 Å². The second-order valence-electron chi connectivity index (χ2n) is 4.88. The van der Waals surface area contributed by atoms with E-state index in [4.69, 9.17) is 11.8 Å². The van der Waals surface area contributed by atoms with Crippen LogP contribution in [0.25, 0.3) is 0 Å². The van der Waals surface area contributed by atoms with Crippen LogP contribution in [0.5, 0.6) is 0 Å². The Labute approximate surface area is 110 Å². The fourth-order valence-electron chi connectivity index (χ4n) is 0.998. The minimum Gasteiger partial charge on any atom is -0.357 e. The fraction of sp³-hybridized carbons (Fsp3) is 1.00. The summed E-state index contributed by atoms with van der Waals surface area (Å²) in [6.45, 7) is 10.5. The summed E-state index contributed by atoms with van der Waals surface area (Å²) in [6, 6.07) is 0. The minimum atomic E-state index is -2.20. The number of hydrogen-bond acceptors (Lipinski definition) is 2. The van der Waals surface area contributed by atoms with Crippen LogP contribution in [-0.4, -0.2) is 15.8 Å². The summed E-state index contributed by atoms with van der Waals surface area (Å²) >= 11 is 6.93. The lowest BCUT2D eigenvalue weighted by Gasteiger charge is -2.29. The van der Waals surface area contributed by atoms with Gasteiger partial charge in [-0.2, -0.15) is 0 Å². The van der Waals surface area contributed by atoms with Gasteiger partial charge in [0.05, 0.1) is 0 Å². The van der Waals surface area contributed by atoms with Crippen molar-refractivity contribution in [2.24, 2.45) is 5.92 Å². The molecular formula is C10H24ClOPS2. The number of halogens is 1. The molecule has 0 aromatic heterocycles. The summed E-state index contributed by atoms with van der Waals surface area (Å²) in [5.41, 5.74) is -2.20. The van der Waals surface area contributed by atoms with Gasteiger partial charge < -0.3 is 4.89 Å². The minimum absolute atomic E-state index is 0. The molecule has 0 radical (unpaired) electrons. The van der Waals surface area contributed by atoms with E-state index in [1.165, 1.54) is 12.8 Å². The lowest BCUT2D eigenvalue weighted by atomic mass is 10.1. The quantitative estimate of drug-likeness (QED) is 0.743. The third-order valence-corrected chi connectivity index (χ3v) is 10.7. The molecule has 0 aromatic carbocycles. The predicted octanol–water partition coefficient (Wildman–Crippen LogP) is 4.68. The standard InChI is InChI=1S/C10H23OPS2.ClH/c1-6-7-9(2)8-14-12(11,13)10(3,4)5;/h9H,6-8H2,1-5H3,(H,11,13);1H. The van der Waals surface area contributed by atoms with Crippen LogP contribution >= 0.6 is 29.3 Å². The Kier molecular flexibility index (Phi) is 9.37. The van der Waals surface area contributed by atoms with Gasteiger partial charge in [-0.3, -0.25) is 0 Å². The maximum Gasteiger partial charge on any atom is 0.122 e. The molecule has 0 amide bonds. The van der Waals surface area contributed by atoms with E-state index in [2.05, 4.69) is 13.8 Å². The van der Waals surface area contributed by atoms with Gasteiger partial charge in [-0.15, -0.1) is 12.4 Å². The lowest BCUT2D eigenvalue weighted by molar-refractivity contribution is 0.580. The van der Waals surface area contributed by atoms with E-state index in [0.717, 1.165) is 5.75 Å². The van der Waals surface area contributed by atoms with Crippen LogP contribution in [0.1, 0.15) is 47.5 Å². The molecule has 0 aliphatic rings. The van der Waals surface area contributed by atoms with Gasteiger partial charge in [-0.05, 0) is 5.92 Å². The van der Waals surface area contributed by atoms with Crippen LogP contribution in [0.4, 0.5) is 0 Å². The first kappa shape index (κ1) is 18.6. The van der Waals surface area contributed by atoms with Gasteiger partial charge in [0.2, 0.25) is 0 Å². The second-order valence-corrected chi connectivity index (χ2v) is 12.5. The van der Waals surface area contributed by atoms with Crippen LogP contribution in [0.2, 0.25) is 0 Å². The molecule has 0 aromatic rings. The van der Waals surface area contributed by atoms with Gasteiger partial charge in [-0.25, -0.2) is 0 Å². The average Bonchev–Trinajstić information content (AvgIpc) is 1.99. The van der Waals surface area contributed by atoms with Crippen molar-refractivity contribution in [2.75, 3.05) is 5.75 Å². The van der Waals surface area contributed by atoms with Crippen molar-refractivity contribution in [2.45, 2.75) is 52.6 Å². The molecule has 0 aliphatic carbocycles. The maximum absolute atomic E-state index is 10.2. The molecule has 0 fully saturated rings. The zero-order valence-corrected chi connectivity index (χ0v) is 13.7. The van der Waals surface area contributed by atoms with Crippen molar-refractivity contribution in [3.8, 4) is 0 Å². The van der Waals surface area contributed by atoms with Gasteiger partial charge >= 0.3 is 0 Å². The van der Waals surface area contributed by atoms with Crippen molar-refractivity contribution in [1.29, 1.82) is 0 Å². The topological polar surface area (TPSA) is 20.2 Å². The summed E-state index contributed by atoms with van der Waals surface area (Å²) in [5.74, 6) is 1.67. The summed E-state index contributed by atoms with van der Waals surface area (Å²) in [7, 11) is 0. The molecule has 0 bridgehead atoms. The molecule has 0 rings (SSSR count). The van der Waals surface area contributed by atoms with Crippen molar-refractivity contribution in [3.05, 3.63) is 0 Å². The molecule has 1 nitrogen and oxygen atoms in total. The summed E-state index contributed by atoms with van der Waals surface area (Å²) < 4.78 is 0. The van der Waals surface area contributed by atoms with E-state index in [1.54, 1.807) is 11.4 Å².